The summed E-state index contributed by atoms with van der Waals surface area (Å²) in [4.78, 5) is 0. The van der Waals surface area contributed by atoms with E-state index in [0.29, 0.717) is 0 Å². The van der Waals surface area contributed by atoms with Crippen LogP contribution >= 0.6 is 0 Å². The predicted octanol–water partition coefficient (Wildman–Crippen LogP) is 2.72. The van der Waals surface area contributed by atoms with Gasteiger partial charge in [-0.05, 0) is 43.9 Å². The highest BCUT2D eigenvalue weighted by Gasteiger charge is 2.13. The molecular formula is C14H23NO. The van der Waals surface area contributed by atoms with E-state index < -0.39 is 0 Å². The molecule has 2 nitrogen and oxygen atoms in total. The van der Waals surface area contributed by atoms with Gasteiger partial charge >= 0.3 is 0 Å². The van der Waals surface area contributed by atoms with Crippen LogP contribution in [0.25, 0.3) is 0 Å². The summed E-state index contributed by atoms with van der Waals surface area (Å²) in [5.41, 5.74) is 3.99. The summed E-state index contributed by atoms with van der Waals surface area (Å²) in [6, 6.07) is 6.86. The van der Waals surface area contributed by atoms with Gasteiger partial charge < -0.3 is 10.4 Å². The van der Waals surface area contributed by atoms with Crippen molar-refractivity contribution in [3.05, 3.63) is 34.9 Å². The zero-order valence-corrected chi connectivity index (χ0v) is 10.7. The van der Waals surface area contributed by atoms with Crippen molar-refractivity contribution in [3.8, 4) is 0 Å². The first kappa shape index (κ1) is 13.2. The minimum atomic E-state index is 0.190. The maximum absolute atomic E-state index is 9.18. The van der Waals surface area contributed by atoms with Crippen LogP contribution in [-0.2, 0) is 0 Å². The number of nitrogens with one attached hydrogen (secondary N) is 1. The van der Waals surface area contributed by atoms with Crippen LogP contribution in [0.5, 0.6) is 0 Å². The molecule has 2 N–H and O–H groups in total. The molecule has 0 saturated heterocycles. The highest BCUT2D eigenvalue weighted by atomic mass is 16.3. The molecule has 90 valence electrons. The Morgan fingerprint density at radius 2 is 2.00 bits per heavy atom. The third-order valence-corrected chi connectivity index (χ3v) is 3.31. The van der Waals surface area contributed by atoms with E-state index in [-0.39, 0.29) is 18.7 Å². The van der Waals surface area contributed by atoms with Crippen molar-refractivity contribution < 1.29 is 5.11 Å². The molecule has 2 heteroatoms. The molecule has 0 radical (unpaired) electrons. The first-order chi connectivity index (χ1) is 7.60. The van der Waals surface area contributed by atoms with E-state index in [1.54, 1.807) is 0 Å². The fourth-order valence-corrected chi connectivity index (χ4v) is 1.99. The Morgan fingerprint density at radius 1 is 1.31 bits per heavy atom. The maximum Gasteiger partial charge on any atom is 0.0584 e. The molecule has 0 saturated carbocycles. The van der Waals surface area contributed by atoms with Crippen molar-refractivity contribution in [1.29, 1.82) is 0 Å². The van der Waals surface area contributed by atoms with Crippen LogP contribution in [0.3, 0.4) is 0 Å². The molecule has 0 aromatic heterocycles. The van der Waals surface area contributed by atoms with E-state index in [1.807, 2.05) is 0 Å². The summed E-state index contributed by atoms with van der Waals surface area (Å²) in [5, 5.41) is 12.6. The standard InChI is InChI=1S/C14H23NO/c1-5-13(9-16)15-12(4)14-8-6-7-10(2)11(14)3/h6-8,12-13,15-16H,5,9H2,1-4H3. The molecule has 0 fully saturated rings. The van der Waals surface area contributed by atoms with Crippen LogP contribution in [-0.4, -0.2) is 17.8 Å². The second kappa shape index (κ2) is 6.02. The molecule has 1 aromatic carbocycles. The average Bonchev–Trinajstić information content (AvgIpc) is 2.29. The summed E-state index contributed by atoms with van der Waals surface area (Å²) in [6.07, 6.45) is 0.950. The summed E-state index contributed by atoms with van der Waals surface area (Å²) in [7, 11) is 0. The molecule has 0 aliphatic heterocycles. The predicted molar refractivity (Wildman–Crippen MR) is 68.6 cm³/mol. The summed E-state index contributed by atoms with van der Waals surface area (Å²) in [5.74, 6) is 0. The van der Waals surface area contributed by atoms with Crippen molar-refractivity contribution in [2.75, 3.05) is 6.61 Å². The van der Waals surface area contributed by atoms with Gasteiger partial charge in [0.1, 0.15) is 0 Å². The van der Waals surface area contributed by atoms with Crippen LogP contribution in [0.15, 0.2) is 18.2 Å². The quantitative estimate of drug-likeness (QED) is 0.801. The Kier molecular flexibility index (Phi) is 4.97. The van der Waals surface area contributed by atoms with Gasteiger partial charge in [-0.2, -0.15) is 0 Å². The molecule has 1 rings (SSSR count). The number of hydrogen-bond donors (Lipinski definition) is 2. The van der Waals surface area contributed by atoms with Gasteiger partial charge in [0.15, 0.2) is 0 Å². The van der Waals surface area contributed by atoms with Gasteiger partial charge in [0.05, 0.1) is 6.61 Å². The number of hydrogen-bond acceptors (Lipinski definition) is 2. The lowest BCUT2D eigenvalue weighted by molar-refractivity contribution is 0.230. The molecule has 0 aliphatic rings. The van der Waals surface area contributed by atoms with E-state index in [9.17, 15) is 5.11 Å². The van der Waals surface area contributed by atoms with Gasteiger partial charge in [-0.1, -0.05) is 25.1 Å². The molecule has 2 unspecified atom stereocenters. The summed E-state index contributed by atoms with van der Waals surface area (Å²) < 4.78 is 0. The zero-order valence-electron chi connectivity index (χ0n) is 10.7. The average molecular weight is 221 g/mol. The lowest BCUT2D eigenvalue weighted by Crippen LogP contribution is -2.34. The maximum atomic E-state index is 9.18. The van der Waals surface area contributed by atoms with Gasteiger partial charge in [0.2, 0.25) is 0 Å². The van der Waals surface area contributed by atoms with E-state index in [4.69, 9.17) is 0 Å². The third-order valence-electron chi connectivity index (χ3n) is 3.31. The van der Waals surface area contributed by atoms with Gasteiger partial charge in [-0.25, -0.2) is 0 Å². The fourth-order valence-electron chi connectivity index (χ4n) is 1.99. The Morgan fingerprint density at radius 3 is 2.56 bits per heavy atom. The van der Waals surface area contributed by atoms with Crippen molar-refractivity contribution in [2.24, 2.45) is 0 Å². The van der Waals surface area contributed by atoms with Crippen LogP contribution in [0.1, 0.15) is 43.0 Å². The van der Waals surface area contributed by atoms with E-state index in [0.717, 1.165) is 6.42 Å². The first-order valence-electron chi connectivity index (χ1n) is 6.03. The fraction of sp³-hybridized carbons (Fsp3) is 0.571. The van der Waals surface area contributed by atoms with Crippen molar-refractivity contribution in [1.82, 2.24) is 5.32 Å². The topological polar surface area (TPSA) is 32.3 Å². The van der Waals surface area contributed by atoms with Crippen LogP contribution in [0, 0.1) is 13.8 Å². The van der Waals surface area contributed by atoms with Crippen molar-refractivity contribution in [3.63, 3.8) is 0 Å². The highest BCUT2D eigenvalue weighted by Crippen LogP contribution is 2.20. The lowest BCUT2D eigenvalue weighted by Gasteiger charge is -2.22. The SMILES string of the molecule is CCC(CO)NC(C)c1cccc(C)c1C. The van der Waals surface area contributed by atoms with Crippen molar-refractivity contribution >= 4 is 0 Å². The molecular weight excluding hydrogens is 198 g/mol. The molecule has 1 aromatic rings. The molecule has 0 aliphatic carbocycles. The van der Waals surface area contributed by atoms with Crippen LogP contribution in [0.4, 0.5) is 0 Å². The minimum Gasteiger partial charge on any atom is -0.395 e. The Hall–Kier alpha value is -0.860. The van der Waals surface area contributed by atoms with Gasteiger partial charge in [-0.3, -0.25) is 0 Å². The zero-order chi connectivity index (χ0) is 12.1. The highest BCUT2D eigenvalue weighted by molar-refractivity contribution is 5.35. The largest absolute Gasteiger partial charge is 0.395 e. The van der Waals surface area contributed by atoms with Gasteiger partial charge in [0, 0.05) is 12.1 Å². The number of benzene rings is 1. The monoisotopic (exact) mass is 221 g/mol. The number of aliphatic hydroxyl groups is 1. The Bertz CT molecular complexity index is 332. The lowest BCUT2D eigenvalue weighted by atomic mass is 9.98. The summed E-state index contributed by atoms with van der Waals surface area (Å²) in [6.45, 7) is 8.73. The number of aliphatic hydroxyl groups excluding tert-OH is 1. The second-order valence-electron chi connectivity index (χ2n) is 4.47. The molecule has 0 spiro atoms. The molecule has 2 atom stereocenters. The first-order valence-corrected chi connectivity index (χ1v) is 6.03. The van der Waals surface area contributed by atoms with Crippen molar-refractivity contribution in [2.45, 2.75) is 46.2 Å². The molecule has 0 heterocycles. The normalized spacial score (nSPS) is 14.8. The molecule has 16 heavy (non-hydrogen) atoms. The van der Waals surface area contributed by atoms with Gasteiger partial charge in [-0.15, -0.1) is 0 Å². The number of rotatable bonds is 5. The number of aryl methyl sites for hydroxylation is 1. The Labute approximate surface area is 98.7 Å². The van der Waals surface area contributed by atoms with Gasteiger partial charge in [0.25, 0.3) is 0 Å². The Balaban J connectivity index is 2.80. The van der Waals surface area contributed by atoms with E-state index >= 15 is 0 Å². The smallest absolute Gasteiger partial charge is 0.0584 e. The van der Waals surface area contributed by atoms with E-state index in [1.165, 1.54) is 16.7 Å². The van der Waals surface area contributed by atoms with E-state index in [2.05, 4.69) is 51.2 Å². The molecule has 0 bridgehead atoms. The van der Waals surface area contributed by atoms with Crippen LogP contribution < -0.4 is 5.32 Å². The summed E-state index contributed by atoms with van der Waals surface area (Å²) >= 11 is 0. The third kappa shape index (κ3) is 3.06. The minimum absolute atomic E-state index is 0.190. The molecule has 0 amide bonds. The van der Waals surface area contributed by atoms with Crippen LogP contribution in [0.2, 0.25) is 0 Å². The second-order valence-corrected chi connectivity index (χ2v) is 4.47.